The third-order valence-corrected chi connectivity index (χ3v) is 6.79. The zero-order valence-electron chi connectivity index (χ0n) is 19.7. The maximum atomic E-state index is 9.98. The predicted octanol–water partition coefficient (Wildman–Crippen LogP) is 7.18. The van der Waals surface area contributed by atoms with Crippen molar-refractivity contribution in [2.24, 2.45) is 5.14 Å². The fraction of sp³-hybridized carbons (Fsp3) is 0.308. The second kappa shape index (κ2) is 14.8. The van der Waals surface area contributed by atoms with Gasteiger partial charge >= 0.3 is 0 Å². The quantitative estimate of drug-likeness (QED) is 0.343. The smallest absolute Gasteiger partial charge is 0.0721 e. The van der Waals surface area contributed by atoms with Crippen LogP contribution in [0, 0.1) is 0 Å². The number of hydrogen-bond acceptors (Lipinski definition) is 5. The van der Waals surface area contributed by atoms with Crippen LogP contribution in [0.15, 0.2) is 77.7 Å². The van der Waals surface area contributed by atoms with E-state index in [4.69, 9.17) is 39.9 Å². The van der Waals surface area contributed by atoms with Crippen LogP contribution >= 0.6 is 46.8 Å². The zero-order chi connectivity index (χ0) is 25.1. The first-order chi connectivity index (χ1) is 16.4. The van der Waals surface area contributed by atoms with Crippen molar-refractivity contribution in [3.8, 4) is 0 Å². The number of halogens is 3. The molecule has 0 spiro atoms. The molecule has 1 aliphatic heterocycles. The van der Waals surface area contributed by atoms with Crippen molar-refractivity contribution >= 4 is 52.4 Å². The van der Waals surface area contributed by atoms with Gasteiger partial charge in [0.2, 0.25) is 0 Å². The molecule has 4 rings (SSSR count). The maximum Gasteiger partial charge on any atom is 0.0721 e. The van der Waals surface area contributed by atoms with E-state index in [0.29, 0.717) is 15.1 Å². The number of rotatable bonds is 4. The zero-order valence-corrected chi connectivity index (χ0v) is 22.7. The van der Waals surface area contributed by atoms with E-state index in [-0.39, 0.29) is 18.7 Å². The molecule has 1 heterocycles. The lowest BCUT2D eigenvalue weighted by Crippen LogP contribution is -2.55. The SMILES string of the molecule is CC.CN1CCN(c2ccc(Cl)cc2Cl)C(c2ccc(Cl)cc2)C1CO.NSc1ccccc1. The second-order valence-corrected chi connectivity index (χ2v) is 9.43. The van der Waals surface area contributed by atoms with E-state index in [2.05, 4.69) is 9.80 Å². The van der Waals surface area contributed by atoms with Gasteiger partial charge in [0, 0.05) is 28.0 Å². The summed E-state index contributed by atoms with van der Waals surface area (Å²) >= 11 is 19.8. The van der Waals surface area contributed by atoms with Crippen LogP contribution in [0.3, 0.4) is 0 Å². The van der Waals surface area contributed by atoms with Crippen molar-refractivity contribution < 1.29 is 5.11 Å². The van der Waals surface area contributed by atoms with Crippen LogP contribution in [-0.4, -0.2) is 42.8 Å². The van der Waals surface area contributed by atoms with Crippen molar-refractivity contribution in [3.63, 3.8) is 0 Å². The number of nitrogens with zero attached hydrogens (tertiary/aromatic N) is 2. The molecule has 1 fully saturated rings. The minimum Gasteiger partial charge on any atom is -0.395 e. The van der Waals surface area contributed by atoms with E-state index in [1.165, 1.54) is 11.9 Å². The van der Waals surface area contributed by atoms with Gasteiger partial charge in [0.25, 0.3) is 0 Å². The summed E-state index contributed by atoms with van der Waals surface area (Å²) in [5, 5.41) is 17.2. The Hall–Kier alpha value is -1.44. The Kier molecular flexibility index (Phi) is 12.6. The Morgan fingerprint density at radius 2 is 1.53 bits per heavy atom. The topological polar surface area (TPSA) is 52.7 Å². The molecule has 1 aliphatic rings. The Labute approximate surface area is 222 Å². The van der Waals surface area contributed by atoms with E-state index in [0.717, 1.165) is 29.2 Å². The first-order valence-electron chi connectivity index (χ1n) is 11.1. The van der Waals surface area contributed by atoms with Crippen LogP contribution in [0.25, 0.3) is 0 Å². The van der Waals surface area contributed by atoms with Gasteiger partial charge in [0.15, 0.2) is 0 Å². The molecule has 184 valence electrons. The van der Waals surface area contributed by atoms with Gasteiger partial charge in [0.1, 0.15) is 0 Å². The van der Waals surface area contributed by atoms with Crippen LogP contribution in [-0.2, 0) is 0 Å². The number of aliphatic hydroxyl groups excluding tert-OH is 1. The molecular formula is C26H32Cl3N3OS. The lowest BCUT2D eigenvalue weighted by molar-refractivity contribution is 0.104. The summed E-state index contributed by atoms with van der Waals surface area (Å²) < 4.78 is 0. The molecule has 34 heavy (non-hydrogen) atoms. The number of aliphatic hydroxyl groups is 1. The Balaban J connectivity index is 0.000000343. The summed E-state index contributed by atoms with van der Waals surface area (Å²) in [7, 11) is 2.03. The molecule has 3 aromatic carbocycles. The van der Waals surface area contributed by atoms with E-state index in [9.17, 15) is 5.11 Å². The summed E-state index contributed by atoms with van der Waals surface area (Å²) in [6, 6.07) is 23.1. The lowest BCUT2D eigenvalue weighted by Gasteiger charge is -2.47. The lowest BCUT2D eigenvalue weighted by atomic mass is 9.94. The minimum absolute atomic E-state index is 0.0234. The average molecular weight is 541 g/mol. The fourth-order valence-electron chi connectivity index (χ4n) is 3.80. The Morgan fingerprint density at radius 3 is 2.06 bits per heavy atom. The third kappa shape index (κ3) is 7.79. The van der Waals surface area contributed by atoms with Crippen LogP contribution in [0.2, 0.25) is 15.1 Å². The van der Waals surface area contributed by atoms with Crippen molar-refractivity contribution in [2.45, 2.75) is 30.8 Å². The standard InChI is InChI=1S/C18H19Cl3N2O.C6H7NS.C2H6/c1-22-8-9-23(16-7-6-14(20)10-15(16)21)18(17(22)11-24)12-2-4-13(19)5-3-12;7-8-6-4-2-1-3-5-6;1-2/h2-7,10,17-18,24H,8-9,11H2,1H3;1-5H,7H2;1-2H3. The number of benzene rings is 3. The van der Waals surface area contributed by atoms with Crippen molar-refractivity contribution in [2.75, 3.05) is 31.6 Å². The second-order valence-electron chi connectivity index (χ2n) is 7.45. The van der Waals surface area contributed by atoms with Gasteiger partial charge in [-0.15, -0.1) is 0 Å². The molecule has 0 aromatic heterocycles. The number of nitrogens with two attached hydrogens (primary N) is 1. The summed E-state index contributed by atoms with van der Waals surface area (Å²) in [6.45, 7) is 5.71. The molecule has 2 atom stereocenters. The van der Waals surface area contributed by atoms with Crippen molar-refractivity contribution in [1.29, 1.82) is 0 Å². The molecule has 3 aromatic rings. The van der Waals surface area contributed by atoms with Crippen LogP contribution in [0.1, 0.15) is 25.5 Å². The van der Waals surface area contributed by atoms with E-state index in [1.807, 2.05) is 87.6 Å². The number of anilines is 1. The number of hydrogen-bond donors (Lipinski definition) is 2. The van der Waals surface area contributed by atoms with Gasteiger partial charge in [-0.1, -0.05) is 79.0 Å². The molecule has 0 radical (unpaired) electrons. The summed E-state index contributed by atoms with van der Waals surface area (Å²) in [4.78, 5) is 5.52. The highest BCUT2D eigenvalue weighted by Crippen LogP contribution is 2.39. The minimum atomic E-state index is -0.0355. The maximum absolute atomic E-state index is 9.98. The van der Waals surface area contributed by atoms with Gasteiger partial charge in [-0.3, -0.25) is 10.0 Å². The molecular weight excluding hydrogens is 509 g/mol. The Morgan fingerprint density at radius 1 is 0.912 bits per heavy atom. The highest BCUT2D eigenvalue weighted by Gasteiger charge is 2.36. The molecule has 4 nitrogen and oxygen atoms in total. The first kappa shape index (κ1) is 28.8. The molecule has 3 N–H and O–H groups in total. The summed E-state index contributed by atoms with van der Waals surface area (Å²) in [5.74, 6) is 0. The first-order valence-corrected chi connectivity index (χ1v) is 13.2. The van der Waals surface area contributed by atoms with Crippen molar-refractivity contribution in [1.82, 2.24) is 4.90 Å². The Bertz CT molecular complexity index is 992. The molecule has 0 bridgehead atoms. The highest BCUT2D eigenvalue weighted by molar-refractivity contribution is 7.97. The largest absolute Gasteiger partial charge is 0.395 e. The van der Waals surface area contributed by atoms with Gasteiger partial charge in [0.05, 0.1) is 29.4 Å². The molecule has 0 saturated carbocycles. The van der Waals surface area contributed by atoms with Gasteiger partial charge in [-0.05, 0) is 67.0 Å². The van der Waals surface area contributed by atoms with E-state index < -0.39 is 0 Å². The van der Waals surface area contributed by atoms with Crippen LogP contribution < -0.4 is 10.0 Å². The van der Waals surface area contributed by atoms with Gasteiger partial charge in [-0.25, -0.2) is 0 Å². The molecule has 1 saturated heterocycles. The molecule has 2 unspecified atom stereocenters. The summed E-state index contributed by atoms with van der Waals surface area (Å²) in [5.41, 5.74) is 2.02. The monoisotopic (exact) mass is 539 g/mol. The molecule has 0 amide bonds. The van der Waals surface area contributed by atoms with Crippen molar-refractivity contribution in [3.05, 3.63) is 93.4 Å². The third-order valence-electron chi connectivity index (χ3n) is 5.46. The van der Waals surface area contributed by atoms with Crippen LogP contribution in [0.5, 0.6) is 0 Å². The molecule has 8 heteroatoms. The fourth-order valence-corrected chi connectivity index (χ4v) is 4.76. The number of likely N-dealkylation sites (N-methyl/N-ethyl adjacent to an activating group) is 1. The number of piperazine rings is 1. The van der Waals surface area contributed by atoms with Crippen LogP contribution in [0.4, 0.5) is 5.69 Å². The predicted molar refractivity (Wildman–Crippen MR) is 149 cm³/mol. The normalized spacial score (nSPS) is 17.8. The van der Waals surface area contributed by atoms with Gasteiger partial charge < -0.3 is 10.0 Å². The van der Waals surface area contributed by atoms with Gasteiger partial charge in [-0.2, -0.15) is 0 Å². The molecule has 0 aliphatic carbocycles. The van der Waals surface area contributed by atoms with E-state index >= 15 is 0 Å². The highest BCUT2D eigenvalue weighted by atomic mass is 35.5. The average Bonchev–Trinajstić information content (AvgIpc) is 2.87. The van der Waals surface area contributed by atoms with E-state index in [1.54, 1.807) is 6.07 Å². The summed E-state index contributed by atoms with van der Waals surface area (Å²) in [6.07, 6.45) is 0.